The van der Waals surface area contributed by atoms with Crippen LogP contribution in [0.3, 0.4) is 0 Å². The van der Waals surface area contributed by atoms with Crippen molar-refractivity contribution in [3.8, 4) is 17.5 Å². The lowest BCUT2D eigenvalue weighted by Crippen LogP contribution is -2.40. The van der Waals surface area contributed by atoms with Crippen LogP contribution in [0.4, 0.5) is 22.0 Å². The molecular formula is C21H17F5N4O2S. The van der Waals surface area contributed by atoms with Gasteiger partial charge in [-0.25, -0.2) is 8.42 Å². The molecule has 0 unspecified atom stereocenters. The van der Waals surface area contributed by atoms with Crippen molar-refractivity contribution in [1.82, 2.24) is 14.5 Å². The minimum absolute atomic E-state index is 0.0182. The molecule has 174 valence electrons. The third kappa shape index (κ3) is 3.94. The molecular weight excluding hydrogens is 467 g/mol. The second-order valence-electron chi connectivity index (χ2n) is 7.94. The fourth-order valence-corrected chi connectivity index (χ4v) is 4.61. The Kier molecular flexibility index (Phi) is 5.24. The zero-order chi connectivity index (χ0) is 24.2. The van der Waals surface area contributed by atoms with Gasteiger partial charge in [0.15, 0.2) is 9.84 Å². The lowest BCUT2D eigenvalue weighted by atomic mass is 9.99. The molecule has 1 aliphatic carbocycles. The third-order valence-electron chi connectivity index (χ3n) is 5.77. The summed E-state index contributed by atoms with van der Waals surface area (Å²) < 4.78 is 91.0. The van der Waals surface area contributed by atoms with Crippen LogP contribution < -0.4 is 0 Å². The molecule has 0 radical (unpaired) electrons. The molecule has 3 aromatic rings. The van der Waals surface area contributed by atoms with Gasteiger partial charge in [0, 0.05) is 17.8 Å². The van der Waals surface area contributed by atoms with Crippen molar-refractivity contribution in [2.24, 2.45) is 0 Å². The van der Waals surface area contributed by atoms with Gasteiger partial charge in [-0.2, -0.15) is 27.2 Å². The summed E-state index contributed by atoms with van der Waals surface area (Å²) >= 11 is 0. The molecule has 1 saturated carbocycles. The van der Waals surface area contributed by atoms with Gasteiger partial charge in [0.2, 0.25) is 0 Å². The van der Waals surface area contributed by atoms with E-state index in [-0.39, 0.29) is 27.6 Å². The van der Waals surface area contributed by atoms with E-state index < -0.39 is 33.9 Å². The van der Waals surface area contributed by atoms with Gasteiger partial charge < -0.3 is 4.57 Å². The first-order chi connectivity index (χ1) is 15.3. The summed E-state index contributed by atoms with van der Waals surface area (Å²) in [5.41, 5.74) is -0.113. The number of rotatable bonds is 6. The molecule has 0 amide bonds. The molecule has 0 aliphatic heterocycles. The van der Waals surface area contributed by atoms with Gasteiger partial charge in [0.05, 0.1) is 46.1 Å². The Bertz CT molecular complexity index is 1390. The molecule has 33 heavy (non-hydrogen) atoms. The second kappa shape index (κ2) is 7.48. The lowest BCUT2D eigenvalue weighted by molar-refractivity contribution is -0.286. The average molecular weight is 484 g/mol. The highest BCUT2D eigenvalue weighted by Gasteiger charge is 2.57. The first-order valence-electron chi connectivity index (χ1n) is 9.88. The van der Waals surface area contributed by atoms with Crippen molar-refractivity contribution < 1.29 is 30.4 Å². The first kappa shape index (κ1) is 23.1. The smallest absolute Gasteiger partial charge is 0.340 e. The minimum Gasteiger partial charge on any atom is -0.340 e. The average Bonchev–Trinajstić information content (AvgIpc) is 3.48. The summed E-state index contributed by atoms with van der Waals surface area (Å²) in [4.78, 5) is 8.24. The molecule has 0 aromatic carbocycles. The first-order valence-corrected chi connectivity index (χ1v) is 11.5. The molecule has 4 rings (SSSR count). The van der Waals surface area contributed by atoms with Crippen LogP contribution >= 0.6 is 0 Å². The maximum atomic E-state index is 13.5. The van der Waals surface area contributed by atoms with Crippen LogP contribution in [-0.2, 0) is 21.8 Å². The minimum atomic E-state index is -5.70. The largest absolute Gasteiger partial charge is 0.455 e. The number of aromatic nitrogens is 3. The molecule has 12 heteroatoms. The quantitative estimate of drug-likeness (QED) is 0.476. The molecule has 3 aromatic heterocycles. The number of alkyl halides is 5. The van der Waals surface area contributed by atoms with Gasteiger partial charge in [-0.15, -0.1) is 0 Å². The highest BCUT2D eigenvalue weighted by Crippen LogP contribution is 2.48. The van der Waals surface area contributed by atoms with E-state index in [0.717, 1.165) is 17.0 Å². The van der Waals surface area contributed by atoms with Crippen molar-refractivity contribution in [1.29, 1.82) is 5.26 Å². The maximum absolute atomic E-state index is 13.5. The van der Waals surface area contributed by atoms with Crippen LogP contribution in [0.15, 0.2) is 41.7 Å². The normalized spacial score (nSPS) is 16.0. The predicted molar refractivity (Wildman–Crippen MR) is 108 cm³/mol. The Morgan fingerprint density at radius 1 is 1.15 bits per heavy atom. The second-order valence-corrected chi connectivity index (χ2v) is 10.2. The Hall–Kier alpha value is -3.07. The monoisotopic (exact) mass is 484 g/mol. The number of halogens is 5. The van der Waals surface area contributed by atoms with Crippen LogP contribution in [-0.4, -0.2) is 40.8 Å². The topological polar surface area (TPSA) is 88.6 Å². The highest BCUT2D eigenvalue weighted by atomic mass is 32.2. The van der Waals surface area contributed by atoms with Crippen LogP contribution in [0.25, 0.3) is 22.3 Å². The van der Waals surface area contributed by atoms with Crippen LogP contribution in [0.1, 0.15) is 25.3 Å². The van der Waals surface area contributed by atoms with Crippen molar-refractivity contribution in [2.45, 2.75) is 48.7 Å². The van der Waals surface area contributed by atoms with E-state index in [1.165, 1.54) is 31.3 Å². The molecule has 0 spiro atoms. The van der Waals surface area contributed by atoms with E-state index in [9.17, 15) is 35.6 Å². The summed E-state index contributed by atoms with van der Waals surface area (Å²) in [7, 11) is -3.77. The lowest BCUT2D eigenvalue weighted by Gasteiger charge is -2.20. The van der Waals surface area contributed by atoms with Crippen LogP contribution in [0, 0.1) is 11.3 Å². The maximum Gasteiger partial charge on any atom is 0.455 e. The van der Waals surface area contributed by atoms with E-state index in [0.29, 0.717) is 23.8 Å². The van der Waals surface area contributed by atoms with Gasteiger partial charge in [0.25, 0.3) is 0 Å². The number of fused-ring (bicyclic) bond motifs is 1. The van der Waals surface area contributed by atoms with Crippen molar-refractivity contribution in [3.05, 3.63) is 42.4 Å². The van der Waals surface area contributed by atoms with Gasteiger partial charge in [-0.1, -0.05) is 6.92 Å². The third-order valence-corrected chi connectivity index (χ3v) is 7.51. The highest BCUT2D eigenvalue weighted by molar-refractivity contribution is 7.91. The van der Waals surface area contributed by atoms with Crippen molar-refractivity contribution >= 4 is 20.7 Å². The van der Waals surface area contributed by atoms with Crippen molar-refractivity contribution in [3.63, 3.8) is 0 Å². The van der Waals surface area contributed by atoms with E-state index in [4.69, 9.17) is 0 Å². The summed E-state index contributed by atoms with van der Waals surface area (Å²) in [6.07, 6.45) is -0.908. The Balaban J connectivity index is 1.79. The number of pyridine rings is 2. The SMILES string of the molecule is CCS(=O)(=O)c1cc(C2(C#N)CC2)cnc1-c1cc2ccn(CC(F)(F)C(F)(F)F)c2cn1. The zero-order valence-electron chi connectivity index (χ0n) is 17.2. The summed E-state index contributed by atoms with van der Waals surface area (Å²) in [6.45, 7) is -0.153. The zero-order valence-corrected chi connectivity index (χ0v) is 18.0. The van der Waals surface area contributed by atoms with E-state index in [1.807, 2.05) is 0 Å². The summed E-state index contributed by atoms with van der Waals surface area (Å²) in [6, 6.07) is 6.32. The Labute approximate surface area is 185 Å². The summed E-state index contributed by atoms with van der Waals surface area (Å²) in [5.74, 6) is -5.16. The molecule has 0 atom stereocenters. The van der Waals surface area contributed by atoms with E-state index in [2.05, 4.69) is 16.0 Å². The predicted octanol–water partition coefficient (Wildman–Crippen LogP) is 4.64. The van der Waals surface area contributed by atoms with E-state index >= 15 is 0 Å². The summed E-state index contributed by atoms with van der Waals surface area (Å²) in [5, 5.41) is 9.72. The Morgan fingerprint density at radius 3 is 2.42 bits per heavy atom. The van der Waals surface area contributed by atoms with Gasteiger partial charge in [0.1, 0.15) is 5.69 Å². The van der Waals surface area contributed by atoms with E-state index in [1.54, 1.807) is 0 Å². The number of hydrogen-bond donors (Lipinski definition) is 0. The molecule has 0 N–H and O–H groups in total. The Morgan fingerprint density at radius 2 is 1.85 bits per heavy atom. The molecule has 0 bridgehead atoms. The van der Waals surface area contributed by atoms with Gasteiger partial charge in [-0.05, 0) is 36.6 Å². The number of nitriles is 1. The van der Waals surface area contributed by atoms with Gasteiger partial charge >= 0.3 is 12.1 Å². The van der Waals surface area contributed by atoms with Crippen LogP contribution in [0.5, 0.6) is 0 Å². The molecule has 1 fully saturated rings. The fourth-order valence-electron chi connectivity index (χ4n) is 3.54. The molecule has 3 heterocycles. The van der Waals surface area contributed by atoms with Gasteiger partial charge in [-0.3, -0.25) is 9.97 Å². The number of hydrogen-bond acceptors (Lipinski definition) is 5. The van der Waals surface area contributed by atoms with Crippen LogP contribution in [0.2, 0.25) is 0 Å². The standard InChI is InChI=1S/C21H17F5N4O2S/c1-2-33(31,32)17-8-14(19(11-27)4-5-19)9-29-18(17)15-7-13-3-6-30(16(13)10-28-15)12-20(22,23)21(24,25)26/h3,6-10H,2,4-5,12H2,1H3. The number of nitrogens with zero attached hydrogens (tertiary/aromatic N) is 4. The molecule has 6 nitrogen and oxygen atoms in total. The molecule has 0 saturated heterocycles. The molecule has 1 aliphatic rings. The van der Waals surface area contributed by atoms with Crippen molar-refractivity contribution in [2.75, 3.05) is 5.75 Å². The number of sulfone groups is 1. The fraction of sp³-hybridized carbons (Fsp3) is 0.381.